The molecule has 9 heteroatoms. The highest BCUT2D eigenvalue weighted by atomic mass is 35.5. The Hall–Kier alpha value is -3.36. The second-order valence-corrected chi connectivity index (χ2v) is 10.2. The molecule has 0 unspecified atom stereocenters. The number of nitrogens with one attached hydrogen (secondary N) is 1. The number of hydrogen-bond acceptors (Lipinski definition) is 7. The largest absolute Gasteiger partial charge is 0.476 e. The van der Waals surface area contributed by atoms with Crippen LogP contribution in [0.3, 0.4) is 0 Å². The number of halogens is 1. The van der Waals surface area contributed by atoms with E-state index < -0.39 is 11.6 Å². The van der Waals surface area contributed by atoms with E-state index in [1.54, 1.807) is 40.0 Å². The molecular formula is C29H36ClN3O5. The number of rotatable bonds is 11. The maximum atomic E-state index is 12.3. The fourth-order valence-electron chi connectivity index (χ4n) is 4.10. The van der Waals surface area contributed by atoms with Gasteiger partial charge in [0.2, 0.25) is 11.8 Å². The number of ether oxygens (including phenoxy) is 2. The molecule has 0 atom stereocenters. The summed E-state index contributed by atoms with van der Waals surface area (Å²) in [4.78, 5) is 31.4. The number of carbonyl (C=O) groups is 2. The minimum absolute atomic E-state index is 0.103. The Morgan fingerprint density at radius 1 is 1.08 bits per heavy atom. The SMILES string of the molecule is CCOC(=O)C(C)(C)Oc1c(C)cc(CN(CC(=O)NC)Cc2nc(-c3ccc(Cl)cc3)oc2C)cc1C. The van der Waals surface area contributed by atoms with Crippen molar-refractivity contribution in [3.05, 3.63) is 69.6 Å². The fourth-order valence-corrected chi connectivity index (χ4v) is 4.23. The van der Waals surface area contributed by atoms with Crippen LogP contribution in [-0.4, -0.2) is 47.6 Å². The van der Waals surface area contributed by atoms with Gasteiger partial charge in [-0.2, -0.15) is 0 Å². The maximum Gasteiger partial charge on any atom is 0.349 e. The second kappa shape index (κ2) is 12.5. The monoisotopic (exact) mass is 541 g/mol. The van der Waals surface area contributed by atoms with Gasteiger partial charge in [-0.1, -0.05) is 23.7 Å². The Morgan fingerprint density at radius 2 is 1.71 bits per heavy atom. The number of amides is 1. The maximum absolute atomic E-state index is 12.3. The van der Waals surface area contributed by atoms with Crippen LogP contribution in [0.1, 0.15) is 48.9 Å². The molecule has 0 saturated carbocycles. The Balaban J connectivity index is 1.83. The summed E-state index contributed by atoms with van der Waals surface area (Å²) in [6, 6.07) is 11.3. The highest BCUT2D eigenvalue weighted by molar-refractivity contribution is 6.30. The van der Waals surface area contributed by atoms with E-state index >= 15 is 0 Å². The average molecular weight is 542 g/mol. The number of carbonyl (C=O) groups excluding carboxylic acids is 2. The smallest absolute Gasteiger partial charge is 0.349 e. The molecule has 0 spiro atoms. The molecule has 2 aromatic carbocycles. The molecule has 8 nitrogen and oxygen atoms in total. The van der Waals surface area contributed by atoms with Gasteiger partial charge < -0.3 is 19.2 Å². The van der Waals surface area contributed by atoms with Crippen LogP contribution in [-0.2, 0) is 27.4 Å². The Bertz CT molecular complexity index is 1260. The quantitative estimate of drug-likeness (QED) is 0.325. The molecule has 0 aliphatic carbocycles. The molecule has 0 fully saturated rings. The summed E-state index contributed by atoms with van der Waals surface area (Å²) in [6.07, 6.45) is 0. The van der Waals surface area contributed by atoms with Crippen LogP contribution in [0.5, 0.6) is 5.75 Å². The zero-order valence-corrected chi connectivity index (χ0v) is 23.9. The van der Waals surface area contributed by atoms with E-state index in [2.05, 4.69) is 5.32 Å². The van der Waals surface area contributed by atoms with Gasteiger partial charge in [-0.15, -0.1) is 0 Å². The van der Waals surface area contributed by atoms with Crippen molar-refractivity contribution in [3.8, 4) is 17.2 Å². The van der Waals surface area contributed by atoms with Gasteiger partial charge in [0.05, 0.1) is 18.8 Å². The summed E-state index contributed by atoms with van der Waals surface area (Å²) < 4.78 is 17.2. The van der Waals surface area contributed by atoms with E-state index in [0.717, 1.165) is 27.9 Å². The highest BCUT2D eigenvalue weighted by Crippen LogP contribution is 2.30. The topological polar surface area (TPSA) is 93.9 Å². The number of nitrogens with zero attached hydrogens (tertiary/aromatic N) is 2. The lowest BCUT2D eigenvalue weighted by molar-refractivity contribution is -0.158. The fraction of sp³-hybridized carbons (Fsp3) is 0.414. The lowest BCUT2D eigenvalue weighted by Gasteiger charge is -2.27. The molecule has 1 amide bonds. The minimum atomic E-state index is -1.12. The summed E-state index contributed by atoms with van der Waals surface area (Å²) in [5, 5.41) is 3.34. The van der Waals surface area contributed by atoms with Gasteiger partial charge in [-0.25, -0.2) is 9.78 Å². The van der Waals surface area contributed by atoms with Crippen LogP contribution in [0.4, 0.5) is 0 Å². The number of oxazole rings is 1. The van der Waals surface area contributed by atoms with Crippen molar-refractivity contribution in [2.24, 2.45) is 0 Å². The molecule has 3 aromatic rings. The van der Waals surface area contributed by atoms with Gasteiger partial charge in [0, 0.05) is 30.7 Å². The van der Waals surface area contributed by atoms with E-state index in [1.807, 2.05) is 49.9 Å². The molecule has 1 aromatic heterocycles. The van der Waals surface area contributed by atoms with E-state index in [4.69, 9.17) is 30.5 Å². The Kier molecular flexibility index (Phi) is 9.57. The molecule has 0 aliphatic rings. The molecule has 0 radical (unpaired) electrons. The first kappa shape index (κ1) is 29.2. The van der Waals surface area contributed by atoms with Gasteiger partial charge in [0.1, 0.15) is 11.5 Å². The summed E-state index contributed by atoms with van der Waals surface area (Å²) in [6.45, 7) is 12.3. The van der Waals surface area contributed by atoms with Crippen molar-refractivity contribution in [2.45, 2.75) is 60.2 Å². The summed E-state index contributed by atoms with van der Waals surface area (Å²) in [7, 11) is 1.62. The van der Waals surface area contributed by atoms with Crippen LogP contribution in [0.25, 0.3) is 11.5 Å². The van der Waals surface area contributed by atoms with E-state index in [0.29, 0.717) is 35.5 Å². The summed E-state index contributed by atoms with van der Waals surface area (Å²) >= 11 is 6.01. The molecule has 1 heterocycles. The number of hydrogen-bond donors (Lipinski definition) is 1. The van der Waals surface area contributed by atoms with Crippen molar-refractivity contribution < 1.29 is 23.5 Å². The molecule has 0 saturated heterocycles. The van der Waals surface area contributed by atoms with E-state index in [9.17, 15) is 9.59 Å². The number of aromatic nitrogens is 1. The molecule has 38 heavy (non-hydrogen) atoms. The molecule has 204 valence electrons. The first-order chi connectivity index (χ1) is 17.9. The number of esters is 1. The third kappa shape index (κ3) is 7.36. The van der Waals surface area contributed by atoms with Crippen molar-refractivity contribution in [1.29, 1.82) is 0 Å². The normalized spacial score (nSPS) is 11.5. The lowest BCUT2D eigenvalue weighted by Crippen LogP contribution is -2.40. The van der Waals surface area contributed by atoms with Gasteiger partial charge in [0.25, 0.3) is 0 Å². The van der Waals surface area contributed by atoms with Crippen molar-refractivity contribution in [3.63, 3.8) is 0 Å². The molecule has 3 rings (SSSR count). The Labute approximate surface area is 229 Å². The zero-order chi connectivity index (χ0) is 28.0. The lowest BCUT2D eigenvalue weighted by atomic mass is 10.0. The predicted molar refractivity (Wildman–Crippen MR) is 147 cm³/mol. The van der Waals surface area contributed by atoms with Gasteiger partial charge in [-0.3, -0.25) is 9.69 Å². The predicted octanol–water partition coefficient (Wildman–Crippen LogP) is 5.39. The van der Waals surface area contributed by atoms with Crippen LogP contribution in [0.2, 0.25) is 5.02 Å². The average Bonchev–Trinajstić information content (AvgIpc) is 3.21. The number of benzene rings is 2. The van der Waals surface area contributed by atoms with Crippen molar-refractivity contribution >= 4 is 23.5 Å². The van der Waals surface area contributed by atoms with Crippen molar-refractivity contribution in [2.75, 3.05) is 20.2 Å². The molecule has 0 aliphatic heterocycles. The van der Waals surface area contributed by atoms with Crippen LogP contribution < -0.4 is 10.1 Å². The first-order valence-electron chi connectivity index (χ1n) is 12.5. The minimum Gasteiger partial charge on any atom is -0.476 e. The van der Waals surface area contributed by atoms with Gasteiger partial charge >= 0.3 is 5.97 Å². The third-order valence-corrected chi connectivity index (χ3v) is 6.31. The highest BCUT2D eigenvalue weighted by Gasteiger charge is 2.32. The molecule has 0 bridgehead atoms. The zero-order valence-electron chi connectivity index (χ0n) is 23.1. The van der Waals surface area contributed by atoms with Gasteiger partial charge in [-0.05, 0) is 82.5 Å². The Morgan fingerprint density at radius 3 is 2.29 bits per heavy atom. The van der Waals surface area contributed by atoms with Gasteiger partial charge in [0.15, 0.2) is 5.60 Å². The van der Waals surface area contributed by atoms with E-state index in [1.165, 1.54) is 0 Å². The van der Waals surface area contributed by atoms with Crippen molar-refractivity contribution in [1.82, 2.24) is 15.2 Å². The number of aryl methyl sites for hydroxylation is 3. The first-order valence-corrected chi connectivity index (χ1v) is 12.9. The van der Waals surface area contributed by atoms with E-state index in [-0.39, 0.29) is 19.1 Å². The van der Waals surface area contributed by atoms with Crippen LogP contribution >= 0.6 is 11.6 Å². The van der Waals surface area contributed by atoms with Crippen LogP contribution in [0.15, 0.2) is 40.8 Å². The number of likely N-dealkylation sites (N-methyl/N-ethyl adjacent to an activating group) is 1. The summed E-state index contributed by atoms with van der Waals surface area (Å²) in [5.41, 5.74) is 3.24. The third-order valence-electron chi connectivity index (χ3n) is 6.05. The van der Waals surface area contributed by atoms with Crippen LogP contribution in [0, 0.1) is 20.8 Å². The standard InChI is InChI=1S/C29H36ClN3O5/c1-8-36-28(35)29(5,6)38-26-18(2)13-21(14-19(26)3)15-33(17-25(34)31-7)16-24-20(4)37-27(32-24)22-9-11-23(30)12-10-22/h9-14H,8,15-17H2,1-7H3,(H,31,34). The molecular weight excluding hydrogens is 506 g/mol. The second-order valence-electron chi connectivity index (χ2n) is 9.74. The molecule has 1 N–H and O–H groups in total. The summed E-state index contributed by atoms with van der Waals surface area (Å²) in [5.74, 6) is 1.32.